The van der Waals surface area contributed by atoms with Crippen LogP contribution in [0.5, 0.6) is 0 Å². The van der Waals surface area contributed by atoms with Gasteiger partial charge in [-0.1, -0.05) is 23.2 Å². The zero-order chi connectivity index (χ0) is 12.1. The molecule has 1 rings (SSSR count). The molecule has 6 heteroatoms. The maximum Gasteiger partial charge on any atom is 0.274 e. The lowest BCUT2D eigenvalue weighted by Gasteiger charge is -2.17. The number of hydrogen-bond donors (Lipinski definition) is 0. The van der Waals surface area contributed by atoms with Crippen molar-refractivity contribution in [2.24, 2.45) is 0 Å². The van der Waals surface area contributed by atoms with Gasteiger partial charge in [0, 0.05) is 6.54 Å². The third-order valence-corrected chi connectivity index (χ3v) is 2.46. The second-order valence-electron chi connectivity index (χ2n) is 2.94. The summed E-state index contributed by atoms with van der Waals surface area (Å²) in [6, 6.07) is 4.91. The lowest BCUT2D eigenvalue weighted by molar-refractivity contribution is 0.0778. The van der Waals surface area contributed by atoms with Crippen LogP contribution in [0.3, 0.4) is 0 Å². The van der Waals surface area contributed by atoms with E-state index in [2.05, 4.69) is 4.98 Å². The van der Waals surface area contributed by atoms with E-state index in [-0.39, 0.29) is 22.4 Å². The summed E-state index contributed by atoms with van der Waals surface area (Å²) >= 11 is 11.5. The minimum atomic E-state index is -0.392. The molecule has 0 aliphatic heterocycles. The molecule has 0 aromatic carbocycles. The molecular weight excluding hydrogens is 249 g/mol. The number of carbonyl (C=O) groups is 1. The maximum absolute atomic E-state index is 11.9. The van der Waals surface area contributed by atoms with Gasteiger partial charge in [-0.3, -0.25) is 4.79 Å². The molecule has 0 bridgehead atoms. The van der Waals surface area contributed by atoms with E-state index in [1.54, 1.807) is 6.92 Å². The summed E-state index contributed by atoms with van der Waals surface area (Å²) in [7, 11) is 0. The third-order valence-electron chi connectivity index (χ3n) is 1.95. The van der Waals surface area contributed by atoms with Gasteiger partial charge in [0.05, 0.1) is 11.1 Å². The van der Waals surface area contributed by atoms with Crippen molar-refractivity contribution in [1.82, 2.24) is 9.88 Å². The standard InChI is InChI=1S/C10H9Cl2N3O/c1-2-15(6-5-13)10(16)9-7(11)3-4-8(12)14-9/h3-4H,2,6H2,1H3. The smallest absolute Gasteiger partial charge is 0.274 e. The van der Waals surface area contributed by atoms with Crippen molar-refractivity contribution in [3.63, 3.8) is 0 Å². The van der Waals surface area contributed by atoms with Crippen LogP contribution in [0.25, 0.3) is 0 Å². The molecule has 0 spiro atoms. The first kappa shape index (κ1) is 12.8. The van der Waals surface area contributed by atoms with Crippen LogP contribution in [0.2, 0.25) is 10.2 Å². The van der Waals surface area contributed by atoms with Crippen LogP contribution >= 0.6 is 23.2 Å². The van der Waals surface area contributed by atoms with E-state index in [0.29, 0.717) is 6.54 Å². The Labute approximate surface area is 103 Å². The zero-order valence-corrected chi connectivity index (χ0v) is 10.1. The van der Waals surface area contributed by atoms with Gasteiger partial charge in [-0.15, -0.1) is 0 Å². The van der Waals surface area contributed by atoms with Crippen molar-refractivity contribution in [1.29, 1.82) is 5.26 Å². The van der Waals surface area contributed by atoms with Gasteiger partial charge in [0.1, 0.15) is 17.4 Å². The van der Waals surface area contributed by atoms with Gasteiger partial charge < -0.3 is 4.90 Å². The van der Waals surface area contributed by atoms with Gasteiger partial charge >= 0.3 is 0 Å². The molecule has 0 aliphatic rings. The molecule has 0 saturated heterocycles. The summed E-state index contributed by atoms with van der Waals surface area (Å²) in [6.07, 6.45) is 0. The van der Waals surface area contributed by atoms with Gasteiger partial charge in [0.15, 0.2) is 0 Å². The van der Waals surface area contributed by atoms with Crippen molar-refractivity contribution in [3.8, 4) is 6.07 Å². The van der Waals surface area contributed by atoms with Gasteiger partial charge in [-0.05, 0) is 19.1 Å². The quantitative estimate of drug-likeness (QED) is 0.617. The van der Waals surface area contributed by atoms with E-state index in [4.69, 9.17) is 28.5 Å². The molecule has 4 nitrogen and oxygen atoms in total. The molecule has 0 unspecified atom stereocenters. The Morgan fingerprint density at radius 1 is 1.56 bits per heavy atom. The molecule has 0 aliphatic carbocycles. The number of halogens is 2. The van der Waals surface area contributed by atoms with E-state index in [1.165, 1.54) is 17.0 Å². The Bertz CT molecular complexity index is 442. The summed E-state index contributed by atoms with van der Waals surface area (Å²) in [6.45, 7) is 2.18. The van der Waals surface area contributed by atoms with Crippen LogP contribution in [-0.2, 0) is 0 Å². The van der Waals surface area contributed by atoms with Crippen LogP contribution in [-0.4, -0.2) is 28.9 Å². The molecule has 0 N–H and O–H groups in total. The summed E-state index contributed by atoms with van der Waals surface area (Å²) in [5.41, 5.74) is 0.0752. The Morgan fingerprint density at radius 3 is 2.81 bits per heavy atom. The van der Waals surface area contributed by atoms with Crippen LogP contribution < -0.4 is 0 Å². The normalized spacial score (nSPS) is 9.62. The third kappa shape index (κ3) is 2.84. The summed E-state index contributed by atoms with van der Waals surface area (Å²) < 4.78 is 0. The second-order valence-corrected chi connectivity index (χ2v) is 3.74. The lowest BCUT2D eigenvalue weighted by atomic mass is 10.3. The first-order chi connectivity index (χ1) is 7.60. The average Bonchev–Trinajstić information content (AvgIpc) is 2.28. The SMILES string of the molecule is CCN(CC#N)C(=O)c1nc(Cl)ccc1Cl. The number of rotatable bonds is 3. The fourth-order valence-electron chi connectivity index (χ4n) is 1.13. The lowest BCUT2D eigenvalue weighted by Crippen LogP contribution is -2.32. The number of hydrogen-bond acceptors (Lipinski definition) is 3. The van der Waals surface area contributed by atoms with Gasteiger partial charge in [-0.25, -0.2) is 4.98 Å². The monoisotopic (exact) mass is 257 g/mol. The molecule has 0 atom stereocenters. The molecule has 84 valence electrons. The molecule has 0 radical (unpaired) electrons. The van der Waals surface area contributed by atoms with E-state index in [1.807, 2.05) is 6.07 Å². The number of aromatic nitrogens is 1. The molecule has 1 aromatic rings. The predicted octanol–water partition coefficient (Wildman–Crippen LogP) is 2.37. The number of amides is 1. The number of carbonyl (C=O) groups excluding carboxylic acids is 1. The van der Waals surface area contributed by atoms with Crippen molar-refractivity contribution in [2.75, 3.05) is 13.1 Å². The zero-order valence-electron chi connectivity index (χ0n) is 8.57. The average molecular weight is 258 g/mol. The molecule has 1 aromatic heterocycles. The molecular formula is C10H9Cl2N3O. The minimum absolute atomic E-state index is 0.000143. The maximum atomic E-state index is 11.9. The molecule has 0 fully saturated rings. The molecule has 1 heterocycles. The highest BCUT2D eigenvalue weighted by Crippen LogP contribution is 2.18. The minimum Gasteiger partial charge on any atom is -0.324 e. The Balaban J connectivity index is 3.03. The van der Waals surface area contributed by atoms with Crippen molar-refractivity contribution >= 4 is 29.1 Å². The van der Waals surface area contributed by atoms with Gasteiger partial charge in [-0.2, -0.15) is 5.26 Å². The van der Waals surface area contributed by atoms with E-state index in [0.717, 1.165) is 0 Å². The summed E-state index contributed by atoms with van der Waals surface area (Å²) in [4.78, 5) is 17.1. The van der Waals surface area contributed by atoms with Crippen LogP contribution in [0.4, 0.5) is 0 Å². The second kappa shape index (κ2) is 5.69. The number of pyridine rings is 1. The largest absolute Gasteiger partial charge is 0.324 e. The fraction of sp³-hybridized carbons (Fsp3) is 0.300. The number of nitriles is 1. The molecule has 1 amide bonds. The van der Waals surface area contributed by atoms with Crippen LogP contribution in [0.15, 0.2) is 12.1 Å². The van der Waals surface area contributed by atoms with Gasteiger partial charge in [0.25, 0.3) is 5.91 Å². The summed E-state index contributed by atoms with van der Waals surface area (Å²) in [5.74, 6) is -0.392. The highest BCUT2D eigenvalue weighted by atomic mass is 35.5. The van der Waals surface area contributed by atoms with Crippen LogP contribution in [0.1, 0.15) is 17.4 Å². The molecule has 16 heavy (non-hydrogen) atoms. The highest BCUT2D eigenvalue weighted by molar-refractivity contribution is 6.34. The van der Waals surface area contributed by atoms with E-state index in [9.17, 15) is 4.79 Å². The highest BCUT2D eigenvalue weighted by Gasteiger charge is 2.18. The van der Waals surface area contributed by atoms with Crippen molar-refractivity contribution < 1.29 is 4.79 Å². The van der Waals surface area contributed by atoms with E-state index >= 15 is 0 Å². The Hall–Kier alpha value is -1.31. The first-order valence-corrected chi connectivity index (χ1v) is 5.34. The predicted molar refractivity (Wildman–Crippen MR) is 61.4 cm³/mol. The molecule has 0 saturated carbocycles. The topological polar surface area (TPSA) is 57.0 Å². The van der Waals surface area contributed by atoms with Crippen molar-refractivity contribution in [3.05, 3.63) is 28.0 Å². The Kier molecular flexibility index (Phi) is 4.53. The van der Waals surface area contributed by atoms with E-state index < -0.39 is 5.91 Å². The van der Waals surface area contributed by atoms with Crippen molar-refractivity contribution in [2.45, 2.75) is 6.92 Å². The van der Waals surface area contributed by atoms with Crippen LogP contribution in [0, 0.1) is 11.3 Å². The number of nitrogens with zero attached hydrogens (tertiary/aromatic N) is 3. The first-order valence-electron chi connectivity index (χ1n) is 4.58. The fourth-order valence-corrected chi connectivity index (χ4v) is 1.46. The Morgan fingerprint density at radius 2 is 2.25 bits per heavy atom. The van der Waals surface area contributed by atoms with Gasteiger partial charge in [0.2, 0.25) is 0 Å². The summed E-state index contributed by atoms with van der Waals surface area (Å²) in [5, 5.41) is 8.99.